The van der Waals surface area contributed by atoms with Gasteiger partial charge in [0.25, 0.3) is 0 Å². The van der Waals surface area contributed by atoms with Gasteiger partial charge in [-0.05, 0) is 35.6 Å². The van der Waals surface area contributed by atoms with E-state index >= 15 is 0 Å². The van der Waals surface area contributed by atoms with Crippen LogP contribution in [0.5, 0.6) is 5.75 Å². The number of hydrogen-bond donors (Lipinski definition) is 1. The SMILES string of the molecule is NCc1cccc(OCCCS(=O)(=O)c2cccs2)c1. The zero-order valence-corrected chi connectivity index (χ0v) is 12.6. The number of nitrogens with two attached hydrogens (primary N) is 1. The van der Waals surface area contributed by atoms with Crippen molar-refractivity contribution in [1.29, 1.82) is 0 Å². The van der Waals surface area contributed by atoms with E-state index in [-0.39, 0.29) is 5.75 Å². The van der Waals surface area contributed by atoms with Gasteiger partial charge in [0.1, 0.15) is 9.96 Å². The van der Waals surface area contributed by atoms with Crippen LogP contribution in [0.3, 0.4) is 0 Å². The molecular weight excluding hydrogens is 294 g/mol. The number of ether oxygens (including phenoxy) is 1. The lowest BCUT2D eigenvalue weighted by Gasteiger charge is -2.07. The predicted octanol–water partition coefficient (Wildman–Crippen LogP) is 2.45. The lowest BCUT2D eigenvalue weighted by molar-refractivity contribution is 0.317. The van der Waals surface area contributed by atoms with Gasteiger partial charge >= 0.3 is 0 Å². The molecule has 1 aromatic heterocycles. The molecule has 0 fully saturated rings. The Balaban J connectivity index is 1.82. The molecule has 0 spiro atoms. The van der Waals surface area contributed by atoms with E-state index in [4.69, 9.17) is 10.5 Å². The van der Waals surface area contributed by atoms with Crippen molar-refractivity contribution in [3.8, 4) is 5.75 Å². The zero-order valence-electron chi connectivity index (χ0n) is 11.0. The van der Waals surface area contributed by atoms with Crippen molar-refractivity contribution < 1.29 is 13.2 Å². The molecule has 2 aromatic rings. The highest BCUT2D eigenvalue weighted by atomic mass is 32.2. The third-order valence-corrected chi connectivity index (χ3v) is 6.05. The monoisotopic (exact) mass is 311 g/mol. The normalized spacial score (nSPS) is 11.4. The Labute approximate surface area is 123 Å². The lowest BCUT2D eigenvalue weighted by atomic mass is 10.2. The molecule has 0 aliphatic rings. The summed E-state index contributed by atoms with van der Waals surface area (Å²) in [6.45, 7) is 0.836. The van der Waals surface area contributed by atoms with E-state index in [0.717, 1.165) is 11.3 Å². The van der Waals surface area contributed by atoms with Gasteiger partial charge in [-0.2, -0.15) is 0 Å². The quantitative estimate of drug-likeness (QED) is 0.797. The highest BCUT2D eigenvalue weighted by Crippen LogP contribution is 2.18. The van der Waals surface area contributed by atoms with Crippen molar-refractivity contribution in [2.24, 2.45) is 5.73 Å². The summed E-state index contributed by atoms with van der Waals surface area (Å²) in [5.41, 5.74) is 6.55. The average molecular weight is 311 g/mol. The van der Waals surface area contributed by atoms with Gasteiger partial charge in [0.15, 0.2) is 9.84 Å². The van der Waals surface area contributed by atoms with Crippen LogP contribution in [0.4, 0.5) is 0 Å². The van der Waals surface area contributed by atoms with E-state index in [9.17, 15) is 8.42 Å². The Morgan fingerprint density at radius 2 is 2.05 bits per heavy atom. The number of benzene rings is 1. The van der Waals surface area contributed by atoms with E-state index in [2.05, 4.69) is 0 Å². The van der Waals surface area contributed by atoms with Crippen LogP contribution in [0.1, 0.15) is 12.0 Å². The summed E-state index contributed by atoms with van der Waals surface area (Å²) < 4.78 is 29.9. The molecule has 1 heterocycles. The summed E-state index contributed by atoms with van der Waals surface area (Å²) in [5.74, 6) is 0.825. The van der Waals surface area contributed by atoms with Gasteiger partial charge in [0, 0.05) is 6.54 Å². The van der Waals surface area contributed by atoms with Crippen LogP contribution in [-0.4, -0.2) is 20.8 Å². The maximum Gasteiger partial charge on any atom is 0.187 e. The van der Waals surface area contributed by atoms with Crippen LogP contribution < -0.4 is 10.5 Å². The molecule has 0 unspecified atom stereocenters. The Morgan fingerprint density at radius 1 is 1.20 bits per heavy atom. The first-order chi connectivity index (χ1) is 9.62. The fourth-order valence-corrected chi connectivity index (χ4v) is 4.18. The van der Waals surface area contributed by atoms with Gasteiger partial charge < -0.3 is 10.5 Å². The molecule has 2 rings (SSSR count). The molecule has 2 N–H and O–H groups in total. The third-order valence-electron chi connectivity index (χ3n) is 2.76. The third kappa shape index (κ3) is 4.06. The number of rotatable bonds is 7. The topological polar surface area (TPSA) is 69.4 Å². The van der Waals surface area contributed by atoms with Gasteiger partial charge in [0.05, 0.1) is 12.4 Å². The Morgan fingerprint density at radius 3 is 2.75 bits per heavy atom. The molecule has 4 nitrogen and oxygen atoms in total. The van der Waals surface area contributed by atoms with Crippen LogP contribution in [0.2, 0.25) is 0 Å². The second-order valence-corrected chi connectivity index (χ2v) is 7.59. The molecule has 0 atom stereocenters. The molecule has 20 heavy (non-hydrogen) atoms. The second kappa shape index (κ2) is 6.88. The van der Waals surface area contributed by atoms with Crippen LogP contribution in [0.25, 0.3) is 0 Å². The summed E-state index contributed by atoms with van der Waals surface area (Å²) in [4.78, 5) is 0. The van der Waals surface area contributed by atoms with Gasteiger partial charge in [0.2, 0.25) is 0 Å². The molecule has 0 aliphatic heterocycles. The van der Waals surface area contributed by atoms with E-state index < -0.39 is 9.84 Å². The van der Waals surface area contributed by atoms with Crippen LogP contribution in [0.15, 0.2) is 46.0 Å². The van der Waals surface area contributed by atoms with Crippen molar-refractivity contribution in [3.63, 3.8) is 0 Å². The van der Waals surface area contributed by atoms with E-state index in [1.807, 2.05) is 24.3 Å². The average Bonchev–Trinajstić information content (AvgIpc) is 2.99. The molecular formula is C14H17NO3S2. The van der Waals surface area contributed by atoms with Gasteiger partial charge in [-0.3, -0.25) is 0 Å². The summed E-state index contributed by atoms with van der Waals surface area (Å²) >= 11 is 1.25. The van der Waals surface area contributed by atoms with Gasteiger partial charge in [-0.1, -0.05) is 18.2 Å². The van der Waals surface area contributed by atoms with E-state index in [0.29, 0.717) is 23.8 Å². The van der Waals surface area contributed by atoms with Crippen LogP contribution in [0, 0.1) is 0 Å². The standard InChI is InChI=1S/C14H17NO3S2/c15-11-12-4-1-5-13(10-12)18-7-3-9-20(16,17)14-6-2-8-19-14/h1-2,4-6,8,10H,3,7,9,11,15H2. The van der Waals surface area contributed by atoms with Crippen molar-refractivity contribution in [3.05, 3.63) is 47.3 Å². The molecule has 1 aromatic carbocycles. The van der Waals surface area contributed by atoms with Crippen molar-refractivity contribution in [2.75, 3.05) is 12.4 Å². The minimum atomic E-state index is -3.17. The van der Waals surface area contributed by atoms with E-state index in [1.165, 1.54) is 11.3 Å². The summed E-state index contributed by atoms with van der Waals surface area (Å²) in [7, 11) is -3.17. The maximum absolute atomic E-state index is 11.9. The zero-order chi connectivity index (χ0) is 14.4. The molecule has 6 heteroatoms. The van der Waals surface area contributed by atoms with Crippen LogP contribution >= 0.6 is 11.3 Å². The minimum Gasteiger partial charge on any atom is -0.494 e. The van der Waals surface area contributed by atoms with Crippen molar-refractivity contribution in [1.82, 2.24) is 0 Å². The molecule has 108 valence electrons. The first-order valence-electron chi connectivity index (χ1n) is 6.30. The maximum atomic E-state index is 11.9. The second-order valence-electron chi connectivity index (χ2n) is 4.30. The molecule has 0 radical (unpaired) electrons. The first kappa shape index (κ1) is 15.0. The van der Waals surface area contributed by atoms with Gasteiger partial charge in [-0.25, -0.2) is 8.42 Å². The molecule has 0 amide bonds. The lowest BCUT2D eigenvalue weighted by Crippen LogP contribution is -2.09. The Kier molecular flexibility index (Phi) is 5.17. The smallest absolute Gasteiger partial charge is 0.187 e. The molecule has 0 aliphatic carbocycles. The minimum absolute atomic E-state index is 0.101. The molecule has 0 saturated carbocycles. The van der Waals surface area contributed by atoms with E-state index in [1.54, 1.807) is 17.5 Å². The number of sulfone groups is 1. The van der Waals surface area contributed by atoms with Crippen molar-refractivity contribution in [2.45, 2.75) is 17.2 Å². The van der Waals surface area contributed by atoms with Crippen molar-refractivity contribution >= 4 is 21.2 Å². The first-order valence-corrected chi connectivity index (χ1v) is 8.83. The highest BCUT2D eigenvalue weighted by molar-refractivity contribution is 7.93. The fourth-order valence-electron chi connectivity index (χ4n) is 1.74. The largest absolute Gasteiger partial charge is 0.494 e. The number of hydrogen-bond acceptors (Lipinski definition) is 5. The number of thiophene rings is 1. The fraction of sp³-hybridized carbons (Fsp3) is 0.286. The summed E-state index contributed by atoms with van der Waals surface area (Å²) in [6.07, 6.45) is 0.465. The van der Waals surface area contributed by atoms with Gasteiger partial charge in [-0.15, -0.1) is 11.3 Å². The Bertz CT molecular complexity index is 636. The highest BCUT2D eigenvalue weighted by Gasteiger charge is 2.14. The Hall–Kier alpha value is -1.37. The summed E-state index contributed by atoms with van der Waals surface area (Å²) in [5, 5.41) is 1.77. The molecule has 0 saturated heterocycles. The molecule has 0 bridgehead atoms. The predicted molar refractivity (Wildman–Crippen MR) is 80.8 cm³/mol. The van der Waals surface area contributed by atoms with Crippen LogP contribution in [-0.2, 0) is 16.4 Å². The summed E-state index contributed by atoms with van der Waals surface area (Å²) in [6, 6.07) is 10.9.